The zero-order valence-electron chi connectivity index (χ0n) is 12.3. The maximum Gasteiger partial charge on any atom is 0.150 e. The first-order valence-electron chi connectivity index (χ1n) is 7.50. The van der Waals surface area contributed by atoms with Gasteiger partial charge in [-0.2, -0.15) is 0 Å². The summed E-state index contributed by atoms with van der Waals surface area (Å²) in [5.74, 6) is 0. The highest BCUT2D eigenvalue weighted by molar-refractivity contribution is 5.78. The standard InChI is InChI=1S/C20H17N2/c1-2-6-17(7-3-1)16-22(19-10-13-21-14-11-19)15-12-18-8-4-5-9-20(18)22/h1-15H,16H2/q+1. The van der Waals surface area contributed by atoms with Crippen LogP contribution in [0.5, 0.6) is 0 Å². The van der Waals surface area contributed by atoms with Crippen molar-refractivity contribution in [3.05, 3.63) is 96.5 Å². The second-order valence-electron chi connectivity index (χ2n) is 5.59. The van der Waals surface area contributed by atoms with Crippen LogP contribution in [0.2, 0.25) is 0 Å². The molecule has 0 amide bonds. The van der Waals surface area contributed by atoms with Gasteiger partial charge in [0.15, 0.2) is 0 Å². The molecule has 2 nitrogen and oxygen atoms in total. The molecule has 0 N–H and O–H groups in total. The smallest absolute Gasteiger partial charge is 0.150 e. The molecule has 0 saturated heterocycles. The summed E-state index contributed by atoms with van der Waals surface area (Å²) in [5.41, 5.74) is 5.16. The summed E-state index contributed by atoms with van der Waals surface area (Å²) in [5, 5.41) is 0. The van der Waals surface area contributed by atoms with Crippen LogP contribution in [0, 0.1) is 0 Å². The van der Waals surface area contributed by atoms with Crippen molar-refractivity contribution >= 4 is 17.5 Å². The lowest BCUT2D eigenvalue weighted by Gasteiger charge is -2.32. The lowest BCUT2D eigenvalue weighted by atomic mass is 10.1. The van der Waals surface area contributed by atoms with Crippen LogP contribution in [0.4, 0.5) is 11.4 Å². The Bertz CT molecular complexity index is 809. The number of rotatable bonds is 3. The second-order valence-corrected chi connectivity index (χ2v) is 5.59. The molecule has 1 unspecified atom stereocenters. The number of fused-ring (bicyclic) bond motifs is 1. The molecule has 1 aromatic heterocycles. The zero-order valence-corrected chi connectivity index (χ0v) is 12.3. The maximum atomic E-state index is 4.18. The van der Waals surface area contributed by atoms with Crippen molar-refractivity contribution in [3.8, 4) is 0 Å². The average Bonchev–Trinajstić information content (AvgIpc) is 2.97. The van der Waals surface area contributed by atoms with Gasteiger partial charge >= 0.3 is 0 Å². The molecule has 4 rings (SSSR count). The summed E-state index contributed by atoms with van der Waals surface area (Å²) in [7, 11) is 0. The Morgan fingerprint density at radius 1 is 0.773 bits per heavy atom. The quantitative estimate of drug-likeness (QED) is 0.623. The van der Waals surface area contributed by atoms with Crippen LogP contribution in [-0.2, 0) is 6.54 Å². The molecular formula is C20H17N2+. The number of para-hydroxylation sites is 1. The molecule has 0 bridgehead atoms. The van der Waals surface area contributed by atoms with Gasteiger partial charge in [-0.15, -0.1) is 0 Å². The van der Waals surface area contributed by atoms with Gasteiger partial charge in [0.05, 0.1) is 0 Å². The summed E-state index contributed by atoms with van der Waals surface area (Å²) in [6.07, 6.45) is 8.25. The highest BCUT2D eigenvalue weighted by atomic mass is 15.4. The topological polar surface area (TPSA) is 12.9 Å². The third-order valence-corrected chi connectivity index (χ3v) is 4.27. The summed E-state index contributed by atoms with van der Waals surface area (Å²) >= 11 is 0. The number of hydrogen-bond acceptors (Lipinski definition) is 1. The number of nitrogens with zero attached hydrogens (tertiary/aromatic N) is 2. The monoisotopic (exact) mass is 285 g/mol. The number of pyridine rings is 1. The highest BCUT2D eigenvalue weighted by Gasteiger charge is 2.37. The van der Waals surface area contributed by atoms with Gasteiger partial charge in [-0.1, -0.05) is 42.5 Å². The van der Waals surface area contributed by atoms with Crippen molar-refractivity contribution < 1.29 is 0 Å². The number of quaternary nitrogens is 1. The Balaban J connectivity index is 1.89. The largest absolute Gasteiger partial charge is 0.264 e. The summed E-state index contributed by atoms with van der Waals surface area (Å²) in [6, 6.07) is 23.5. The lowest BCUT2D eigenvalue weighted by Crippen LogP contribution is -2.36. The Morgan fingerprint density at radius 3 is 2.32 bits per heavy atom. The maximum absolute atomic E-state index is 4.18. The van der Waals surface area contributed by atoms with Gasteiger partial charge in [0.1, 0.15) is 24.1 Å². The van der Waals surface area contributed by atoms with E-state index in [0.717, 1.165) is 6.54 Å². The molecule has 0 fully saturated rings. The van der Waals surface area contributed by atoms with Gasteiger partial charge in [-0.25, -0.2) is 4.48 Å². The van der Waals surface area contributed by atoms with Crippen LogP contribution >= 0.6 is 0 Å². The van der Waals surface area contributed by atoms with Gasteiger partial charge in [-0.3, -0.25) is 4.98 Å². The molecule has 1 aliphatic rings. The highest BCUT2D eigenvalue weighted by Crippen LogP contribution is 2.44. The summed E-state index contributed by atoms with van der Waals surface area (Å²) < 4.78 is 0.711. The van der Waals surface area contributed by atoms with E-state index in [-0.39, 0.29) is 0 Å². The molecule has 0 aliphatic carbocycles. The van der Waals surface area contributed by atoms with E-state index in [1.54, 1.807) is 0 Å². The van der Waals surface area contributed by atoms with Gasteiger partial charge < -0.3 is 0 Å². The van der Waals surface area contributed by atoms with E-state index < -0.39 is 0 Å². The first-order chi connectivity index (χ1) is 10.9. The van der Waals surface area contributed by atoms with E-state index >= 15 is 0 Å². The molecule has 1 aliphatic heterocycles. The van der Waals surface area contributed by atoms with Gasteiger partial charge in [0.2, 0.25) is 0 Å². The van der Waals surface area contributed by atoms with Crippen LogP contribution in [0.15, 0.2) is 85.3 Å². The van der Waals surface area contributed by atoms with Gasteiger partial charge in [0.25, 0.3) is 0 Å². The molecule has 106 valence electrons. The third-order valence-electron chi connectivity index (χ3n) is 4.27. The fourth-order valence-corrected chi connectivity index (χ4v) is 3.22. The van der Waals surface area contributed by atoms with Crippen molar-refractivity contribution in [1.29, 1.82) is 0 Å². The Kier molecular flexibility index (Phi) is 3.10. The Labute approximate surface area is 130 Å². The predicted molar refractivity (Wildman–Crippen MR) is 91.3 cm³/mol. The molecule has 0 saturated carbocycles. The van der Waals surface area contributed by atoms with Crippen LogP contribution in [-0.4, -0.2) is 4.98 Å². The minimum absolute atomic E-state index is 0.711. The van der Waals surface area contributed by atoms with E-state index in [0.29, 0.717) is 4.48 Å². The summed E-state index contributed by atoms with van der Waals surface area (Å²) in [4.78, 5) is 4.18. The minimum Gasteiger partial charge on any atom is -0.264 e. The Hall–Kier alpha value is -2.71. The fourth-order valence-electron chi connectivity index (χ4n) is 3.22. The molecule has 2 heterocycles. The van der Waals surface area contributed by atoms with E-state index in [1.165, 1.54) is 22.5 Å². The van der Waals surface area contributed by atoms with E-state index in [9.17, 15) is 0 Å². The van der Waals surface area contributed by atoms with Crippen molar-refractivity contribution in [2.75, 3.05) is 0 Å². The van der Waals surface area contributed by atoms with Crippen molar-refractivity contribution in [3.63, 3.8) is 0 Å². The van der Waals surface area contributed by atoms with Crippen molar-refractivity contribution in [2.45, 2.75) is 6.54 Å². The number of hydrogen-bond donors (Lipinski definition) is 0. The van der Waals surface area contributed by atoms with Crippen LogP contribution in [0.3, 0.4) is 0 Å². The van der Waals surface area contributed by atoms with Crippen LogP contribution in [0.1, 0.15) is 11.1 Å². The molecule has 0 radical (unpaired) electrons. The van der Waals surface area contributed by atoms with E-state index in [1.807, 2.05) is 12.4 Å². The van der Waals surface area contributed by atoms with Crippen molar-refractivity contribution in [1.82, 2.24) is 9.47 Å². The molecule has 22 heavy (non-hydrogen) atoms. The van der Waals surface area contributed by atoms with Crippen LogP contribution in [0.25, 0.3) is 6.08 Å². The molecule has 2 heteroatoms. The third kappa shape index (κ3) is 2.05. The normalized spacial score (nSPS) is 19.1. The van der Waals surface area contributed by atoms with E-state index in [2.05, 4.69) is 84.0 Å². The van der Waals surface area contributed by atoms with Crippen molar-refractivity contribution in [2.24, 2.45) is 0 Å². The first kappa shape index (κ1) is 13.0. The Morgan fingerprint density at radius 2 is 1.50 bits per heavy atom. The van der Waals surface area contributed by atoms with E-state index in [4.69, 9.17) is 0 Å². The second kappa shape index (κ2) is 5.24. The number of benzene rings is 2. The SMILES string of the molecule is C1=C[N+](Cc2ccccc2)(c2ccncc2)c2ccccc21. The molecular weight excluding hydrogens is 268 g/mol. The van der Waals surface area contributed by atoms with Crippen LogP contribution < -0.4 is 4.48 Å². The minimum atomic E-state index is 0.711. The fraction of sp³-hybridized carbons (Fsp3) is 0.0500. The molecule has 3 aromatic rings. The zero-order chi connectivity index (χ0) is 14.8. The average molecular weight is 285 g/mol. The number of aromatic nitrogens is 1. The molecule has 2 aromatic carbocycles. The van der Waals surface area contributed by atoms with Gasteiger partial charge in [0, 0.05) is 47.8 Å². The first-order valence-corrected chi connectivity index (χ1v) is 7.50. The molecule has 1 atom stereocenters. The lowest BCUT2D eigenvalue weighted by molar-refractivity contribution is 0.507. The molecule has 0 spiro atoms. The summed E-state index contributed by atoms with van der Waals surface area (Å²) in [6.45, 7) is 0.901. The predicted octanol–water partition coefficient (Wildman–Crippen LogP) is 4.91. The van der Waals surface area contributed by atoms with Gasteiger partial charge in [-0.05, 0) is 6.07 Å².